The van der Waals surface area contributed by atoms with E-state index in [4.69, 9.17) is 14.4 Å². The number of nitrogens with zero attached hydrogens (tertiary/aromatic N) is 1. The van der Waals surface area contributed by atoms with E-state index < -0.39 is 0 Å². The fraction of sp³-hybridized carbons (Fsp3) is 0.0435. The van der Waals surface area contributed by atoms with Crippen LogP contribution in [0.5, 0.6) is 11.5 Å². The summed E-state index contributed by atoms with van der Waals surface area (Å²) >= 11 is 0. The molecule has 0 spiro atoms. The second kappa shape index (κ2) is 7.29. The summed E-state index contributed by atoms with van der Waals surface area (Å²) in [6, 6.07) is 20.7. The first-order chi connectivity index (χ1) is 13.6. The van der Waals surface area contributed by atoms with Gasteiger partial charge in [-0.25, -0.2) is 0 Å². The van der Waals surface area contributed by atoms with Gasteiger partial charge in [-0.2, -0.15) is 5.26 Å². The summed E-state index contributed by atoms with van der Waals surface area (Å²) in [5.74, 6) is 0.700. The maximum atomic E-state index is 12.8. The molecule has 0 aliphatic carbocycles. The molecule has 0 amide bonds. The molecule has 0 bridgehead atoms. The van der Waals surface area contributed by atoms with Crippen LogP contribution in [-0.2, 0) is 6.61 Å². The summed E-state index contributed by atoms with van der Waals surface area (Å²) in [5.41, 5.74) is 2.83. The van der Waals surface area contributed by atoms with Crippen LogP contribution in [0.4, 0.5) is 0 Å². The highest BCUT2D eigenvalue weighted by Crippen LogP contribution is 2.24. The molecule has 4 rings (SSSR count). The molecule has 0 aliphatic heterocycles. The van der Waals surface area contributed by atoms with Gasteiger partial charge in [0.25, 0.3) is 0 Å². The molecule has 28 heavy (non-hydrogen) atoms. The van der Waals surface area contributed by atoms with Crippen LogP contribution < -0.4 is 10.2 Å². The standard InChI is InChI=1S/C23H15NO4/c24-12-15-2-1-3-16(10-15)13-27-19-8-9-20-22(11-19)28-14-21(23(20)26)17-4-6-18(25)7-5-17/h1-11,14,25H,13H2. The molecule has 136 valence electrons. The third kappa shape index (κ3) is 3.44. The Morgan fingerprint density at radius 2 is 1.86 bits per heavy atom. The third-order valence-corrected chi connectivity index (χ3v) is 4.39. The molecule has 1 N–H and O–H groups in total. The molecule has 0 radical (unpaired) electrons. The predicted molar refractivity (Wildman–Crippen MR) is 105 cm³/mol. The van der Waals surface area contributed by atoms with E-state index >= 15 is 0 Å². The van der Waals surface area contributed by atoms with E-state index in [1.807, 2.05) is 12.1 Å². The quantitative estimate of drug-likeness (QED) is 0.568. The minimum absolute atomic E-state index is 0.135. The van der Waals surface area contributed by atoms with Crippen molar-refractivity contribution in [3.8, 4) is 28.7 Å². The van der Waals surface area contributed by atoms with Gasteiger partial charge in [0.1, 0.15) is 30.0 Å². The Kier molecular flexibility index (Phi) is 4.53. The Labute approximate surface area is 160 Å². The fourth-order valence-corrected chi connectivity index (χ4v) is 2.94. The molecule has 0 aliphatic rings. The molecular formula is C23H15NO4. The summed E-state index contributed by atoms with van der Waals surface area (Å²) < 4.78 is 11.4. The monoisotopic (exact) mass is 369 g/mol. The molecular weight excluding hydrogens is 354 g/mol. The second-order valence-electron chi connectivity index (χ2n) is 6.28. The number of hydrogen-bond donors (Lipinski definition) is 1. The fourth-order valence-electron chi connectivity index (χ4n) is 2.94. The second-order valence-corrected chi connectivity index (χ2v) is 6.28. The van der Waals surface area contributed by atoms with Gasteiger partial charge in [0.2, 0.25) is 0 Å². The molecule has 3 aromatic carbocycles. The predicted octanol–water partition coefficient (Wildman–Crippen LogP) is 4.62. The van der Waals surface area contributed by atoms with Gasteiger partial charge in [-0.3, -0.25) is 4.79 Å². The zero-order chi connectivity index (χ0) is 19.5. The van der Waals surface area contributed by atoms with Gasteiger partial charge in [0, 0.05) is 6.07 Å². The molecule has 0 saturated carbocycles. The molecule has 1 heterocycles. The minimum atomic E-state index is -0.153. The summed E-state index contributed by atoms with van der Waals surface area (Å²) in [7, 11) is 0. The number of ether oxygens (including phenoxy) is 1. The Morgan fingerprint density at radius 3 is 2.64 bits per heavy atom. The van der Waals surface area contributed by atoms with Crippen LogP contribution >= 0.6 is 0 Å². The lowest BCUT2D eigenvalue weighted by atomic mass is 10.1. The summed E-state index contributed by atoms with van der Waals surface area (Å²) in [6.07, 6.45) is 1.41. The maximum Gasteiger partial charge on any atom is 0.200 e. The van der Waals surface area contributed by atoms with Crippen LogP contribution in [-0.4, -0.2) is 5.11 Å². The van der Waals surface area contributed by atoms with Crippen LogP contribution in [0, 0.1) is 11.3 Å². The Balaban J connectivity index is 1.61. The summed E-state index contributed by atoms with van der Waals surface area (Å²) in [6.45, 7) is 0.302. The van der Waals surface area contributed by atoms with E-state index in [1.165, 1.54) is 18.4 Å². The van der Waals surface area contributed by atoms with Crippen LogP contribution in [0.1, 0.15) is 11.1 Å². The average molecular weight is 369 g/mol. The Bertz CT molecular complexity index is 1250. The van der Waals surface area contributed by atoms with Crippen molar-refractivity contribution in [3.05, 3.63) is 94.3 Å². The zero-order valence-corrected chi connectivity index (χ0v) is 14.8. The first-order valence-electron chi connectivity index (χ1n) is 8.61. The van der Waals surface area contributed by atoms with Crippen molar-refractivity contribution in [1.82, 2.24) is 0 Å². The largest absolute Gasteiger partial charge is 0.508 e. The van der Waals surface area contributed by atoms with Gasteiger partial charge in [-0.15, -0.1) is 0 Å². The van der Waals surface area contributed by atoms with Gasteiger partial charge in [0.15, 0.2) is 5.43 Å². The Morgan fingerprint density at radius 1 is 1.04 bits per heavy atom. The van der Waals surface area contributed by atoms with Gasteiger partial charge < -0.3 is 14.3 Å². The lowest BCUT2D eigenvalue weighted by Gasteiger charge is -2.08. The van der Waals surface area contributed by atoms with Crippen molar-refractivity contribution in [2.45, 2.75) is 6.61 Å². The van der Waals surface area contributed by atoms with Crippen molar-refractivity contribution in [1.29, 1.82) is 5.26 Å². The van der Waals surface area contributed by atoms with Crippen molar-refractivity contribution < 1.29 is 14.3 Å². The number of aromatic hydroxyl groups is 1. The number of fused-ring (bicyclic) bond motifs is 1. The molecule has 4 aromatic rings. The van der Waals surface area contributed by atoms with E-state index in [0.717, 1.165) is 5.56 Å². The molecule has 1 aromatic heterocycles. The Hall–Kier alpha value is -4.04. The van der Waals surface area contributed by atoms with E-state index in [2.05, 4.69) is 6.07 Å². The topological polar surface area (TPSA) is 83.5 Å². The highest BCUT2D eigenvalue weighted by atomic mass is 16.5. The van der Waals surface area contributed by atoms with Gasteiger partial charge >= 0.3 is 0 Å². The number of benzene rings is 3. The van der Waals surface area contributed by atoms with E-state index in [1.54, 1.807) is 42.5 Å². The average Bonchev–Trinajstić information content (AvgIpc) is 2.73. The number of phenols is 1. The minimum Gasteiger partial charge on any atom is -0.508 e. The molecule has 5 nitrogen and oxygen atoms in total. The van der Waals surface area contributed by atoms with Crippen LogP contribution in [0.25, 0.3) is 22.1 Å². The van der Waals surface area contributed by atoms with Crippen LogP contribution in [0.15, 0.2) is 82.2 Å². The van der Waals surface area contributed by atoms with Crippen molar-refractivity contribution in [2.24, 2.45) is 0 Å². The van der Waals surface area contributed by atoms with Crippen molar-refractivity contribution >= 4 is 11.0 Å². The van der Waals surface area contributed by atoms with Gasteiger partial charge in [-0.05, 0) is 47.5 Å². The summed E-state index contributed by atoms with van der Waals surface area (Å²) in [4.78, 5) is 12.8. The number of rotatable bonds is 4. The highest BCUT2D eigenvalue weighted by Gasteiger charge is 2.10. The zero-order valence-electron chi connectivity index (χ0n) is 14.8. The molecule has 0 saturated heterocycles. The maximum absolute atomic E-state index is 12.8. The van der Waals surface area contributed by atoms with Crippen molar-refractivity contribution in [3.63, 3.8) is 0 Å². The van der Waals surface area contributed by atoms with Crippen LogP contribution in [0.3, 0.4) is 0 Å². The van der Waals surface area contributed by atoms with Crippen LogP contribution in [0.2, 0.25) is 0 Å². The first-order valence-corrected chi connectivity index (χ1v) is 8.61. The van der Waals surface area contributed by atoms with Crippen molar-refractivity contribution in [2.75, 3.05) is 0 Å². The smallest absolute Gasteiger partial charge is 0.200 e. The lowest BCUT2D eigenvalue weighted by molar-refractivity contribution is 0.306. The van der Waals surface area contributed by atoms with E-state index in [9.17, 15) is 9.90 Å². The third-order valence-electron chi connectivity index (χ3n) is 4.39. The number of nitriles is 1. The van der Waals surface area contributed by atoms with Gasteiger partial charge in [0.05, 0.1) is 22.6 Å². The molecule has 0 fully saturated rings. The normalized spacial score (nSPS) is 10.5. The van der Waals surface area contributed by atoms with E-state index in [-0.39, 0.29) is 11.2 Å². The SMILES string of the molecule is N#Cc1cccc(COc2ccc3c(=O)c(-c4ccc(O)cc4)coc3c2)c1. The lowest BCUT2D eigenvalue weighted by Crippen LogP contribution is -2.05. The molecule has 0 atom stereocenters. The van der Waals surface area contributed by atoms with Gasteiger partial charge in [-0.1, -0.05) is 24.3 Å². The molecule has 0 unspecified atom stereocenters. The number of phenolic OH excluding ortho intramolecular Hbond substituents is 1. The summed E-state index contributed by atoms with van der Waals surface area (Å²) in [5, 5.41) is 18.8. The van der Waals surface area contributed by atoms with E-state index in [0.29, 0.717) is 40.0 Å². The number of hydrogen-bond acceptors (Lipinski definition) is 5. The molecule has 5 heteroatoms. The highest BCUT2D eigenvalue weighted by molar-refractivity contribution is 5.82. The first kappa shape index (κ1) is 17.4.